The smallest absolute Gasteiger partial charge is 0.368 e. The molecule has 0 aliphatic carbocycles. The molecule has 0 radical (unpaired) electrons. The zero-order valence-electron chi connectivity index (χ0n) is 22.8. The first-order valence-electron chi connectivity index (χ1n) is 13.4. The highest BCUT2D eigenvalue weighted by Crippen LogP contribution is 2.30. The summed E-state index contributed by atoms with van der Waals surface area (Å²) in [6, 6.07) is 18.9. The summed E-state index contributed by atoms with van der Waals surface area (Å²) >= 11 is 7.50. The van der Waals surface area contributed by atoms with Crippen molar-refractivity contribution in [2.45, 2.75) is 25.8 Å². The minimum atomic E-state index is -4.44. The Bertz CT molecular complexity index is 1590. The number of nitro groups is 1. The third-order valence-corrected chi connectivity index (χ3v) is 8.15. The first-order valence-corrected chi connectivity index (χ1v) is 14.7. The molecular formula is C30H27ClF3N5O3S. The van der Waals surface area contributed by atoms with Crippen LogP contribution in [0.1, 0.15) is 32.2 Å². The van der Waals surface area contributed by atoms with Crippen molar-refractivity contribution < 1.29 is 22.9 Å². The summed E-state index contributed by atoms with van der Waals surface area (Å²) < 4.78 is 40.0. The highest BCUT2D eigenvalue weighted by Gasteiger charge is 2.30. The largest absolute Gasteiger partial charge is 0.416 e. The molecule has 224 valence electrons. The molecule has 0 unspecified atom stereocenters. The molecule has 0 atom stereocenters. The third kappa shape index (κ3) is 7.89. The lowest BCUT2D eigenvalue weighted by atomic mass is 10.1. The number of hydrogen-bond donors (Lipinski definition) is 0. The number of thiazole rings is 1. The summed E-state index contributed by atoms with van der Waals surface area (Å²) in [6.07, 6.45) is -4.44. The number of non-ortho nitro benzene ring substituents is 1. The van der Waals surface area contributed by atoms with Crippen LogP contribution in [0.2, 0.25) is 5.02 Å². The summed E-state index contributed by atoms with van der Waals surface area (Å²) in [6.45, 7) is 3.08. The van der Waals surface area contributed by atoms with Gasteiger partial charge in [0, 0.05) is 67.5 Å². The normalized spacial score (nSPS) is 13.9. The second kappa shape index (κ2) is 13.1. The van der Waals surface area contributed by atoms with E-state index in [-0.39, 0.29) is 18.1 Å². The summed E-state index contributed by atoms with van der Waals surface area (Å²) in [5.41, 5.74) is 1.91. The molecule has 1 saturated heterocycles. The topological polar surface area (TPSA) is 82.8 Å². The highest BCUT2D eigenvalue weighted by atomic mass is 35.5. The van der Waals surface area contributed by atoms with Crippen molar-refractivity contribution >= 4 is 40.2 Å². The van der Waals surface area contributed by atoms with Gasteiger partial charge in [0.25, 0.3) is 11.6 Å². The lowest BCUT2D eigenvalue weighted by Gasteiger charge is -2.35. The standard InChI is InChI=1S/C30H27ClF3N5O3S/c31-24-6-2-4-22(16-24)18-36(17-21-3-1-5-23(15-21)30(32,33)34)19-28-35-27(20-43-28)29(40)38-13-11-37(12-14-38)25-7-9-26(10-8-25)39(41)42/h1-10,15-16,20H,11-14,17-19H2. The van der Waals surface area contributed by atoms with Crippen molar-refractivity contribution in [1.82, 2.24) is 14.8 Å². The Balaban J connectivity index is 1.25. The zero-order valence-corrected chi connectivity index (χ0v) is 24.4. The Morgan fingerprint density at radius 2 is 1.60 bits per heavy atom. The van der Waals surface area contributed by atoms with Crippen LogP contribution in [0.3, 0.4) is 0 Å². The molecule has 13 heteroatoms. The molecular weight excluding hydrogens is 603 g/mol. The van der Waals surface area contributed by atoms with Crippen LogP contribution in [0.15, 0.2) is 78.2 Å². The van der Waals surface area contributed by atoms with E-state index in [2.05, 4.69) is 9.88 Å². The fraction of sp³-hybridized carbons (Fsp3) is 0.267. The predicted octanol–water partition coefficient (Wildman–Crippen LogP) is 6.89. The van der Waals surface area contributed by atoms with Gasteiger partial charge in [0.2, 0.25) is 0 Å². The van der Waals surface area contributed by atoms with E-state index in [9.17, 15) is 28.1 Å². The van der Waals surface area contributed by atoms with Gasteiger partial charge in [-0.3, -0.25) is 19.8 Å². The Kier molecular flexibility index (Phi) is 9.28. The Morgan fingerprint density at radius 3 is 2.23 bits per heavy atom. The zero-order chi connectivity index (χ0) is 30.6. The number of nitro benzene ring substituents is 1. The van der Waals surface area contributed by atoms with Crippen molar-refractivity contribution in [1.29, 1.82) is 0 Å². The number of rotatable bonds is 9. The van der Waals surface area contributed by atoms with Crippen molar-refractivity contribution in [3.63, 3.8) is 0 Å². The fourth-order valence-electron chi connectivity index (χ4n) is 4.95. The second-order valence-corrected chi connectivity index (χ2v) is 11.5. The van der Waals surface area contributed by atoms with Gasteiger partial charge < -0.3 is 9.80 Å². The molecule has 1 aliphatic heterocycles. The van der Waals surface area contributed by atoms with E-state index in [4.69, 9.17) is 11.6 Å². The Labute approximate surface area is 255 Å². The molecule has 1 amide bonds. The van der Waals surface area contributed by atoms with Crippen molar-refractivity contribution in [2.75, 3.05) is 31.1 Å². The number of carbonyl (C=O) groups is 1. The number of aromatic nitrogens is 1. The van der Waals surface area contributed by atoms with Crippen LogP contribution in [0.4, 0.5) is 24.5 Å². The van der Waals surface area contributed by atoms with Gasteiger partial charge in [-0.2, -0.15) is 13.2 Å². The van der Waals surface area contributed by atoms with Crippen LogP contribution in [0, 0.1) is 10.1 Å². The van der Waals surface area contributed by atoms with Crippen molar-refractivity contribution in [3.8, 4) is 0 Å². The number of benzene rings is 3. The maximum Gasteiger partial charge on any atom is 0.416 e. The van der Waals surface area contributed by atoms with Gasteiger partial charge in [-0.05, 0) is 41.5 Å². The minimum Gasteiger partial charge on any atom is -0.368 e. The minimum absolute atomic E-state index is 0.0258. The van der Waals surface area contributed by atoms with Gasteiger partial charge >= 0.3 is 6.18 Å². The molecule has 3 aromatic carbocycles. The Hall–Kier alpha value is -4.00. The first kappa shape index (κ1) is 30.5. The molecule has 43 heavy (non-hydrogen) atoms. The fourth-order valence-corrected chi connectivity index (χ4v) is 5.98. The SMILES string of the molecule is O=C(c1csc(CN(Cc2cccc(Cl)c2)Cc2cccc(C(F)(F)F)c2)n1)N1CCN(c2ccc([N+](=O)[O-])cc2)CC1. The molecule has 1 fully saturated rings. The number of nitrogens with zero attached hydrogens (tertiary/aromatic N) is 5. The summed E-state index contributed by atoms with van der Waals surface area (Å²) in [7, 11) is 0. The van der Waals surface area contributed by atoms with Crippen molar-refractivity contribution in [3.05, 3.63) is 121 Å². The predicted molar refractivity (Wildman–Crippen MR) is 159 cm³/mol. The molecule has 0 saturated carbocycles. The van der Waals surface area contributed by atoms with Crippen molar-refractivity contribution in [2.24, 2.45) is 0 Å². The molecule has 1 aromatic heterocycles. The first-order chi connectivity index (χ1) is 20.5. The molecule has 5 rings (SSSR count). The van der Waals surface area contributed by atoms with Gasteiger partial charge in [0.05, 0.1) is 17.0 Å². The maximum atomic E-state index is 13.3. The highest BCUT2D eigenvalue weighted by molar-refractivity contribution is 7.09. The number of carbonyl (C=O) groups excluding carboxylic acids is 1. The van der Waals surface area contributed by atoms with Crippen LogP contribution >= 0.6 is 22.9 Å². The molecule has 8 nitrogen and oxygen atoms in total. The number of piperazine rings is 1. The number of alkyl halides is 3. The van der Waals surface area contributed by atoms with Gasteiger partial charge in [0.15, 0.2) is 0 Å². The van der Waals surface area contributed by atoms with E-state index in [1.54, 1.807) is 34.5 Å². The van der Waals surface area contributed by atoms with Gasteiger partial charge in [0.1, 0.15) is 10.7 Å². The van der Waals surface area contributed by atoms with E-state index >= 15 is 0 Å². The monoisotopic (exact) mass is 629 g/mol. The van der Waals surface area contributed by atoms with Crippen LogP contribution in [-0.4, -0.2) is 51.8 Å². The van der Waals surface area contributed by atoms with Crippen LogP contribution in [0.5, 0.6) is 0 Å². The van der Waals surface area contributed by atoms with E-state index in [1.807, 2.05) is 23.1 Å². The lowest BCUT2D eigenvalue weighted by Crippen LogP contribution is -2.48. The van der Waals surface area contributed by atoms with E-state index in [1.165, 1.54) is 29.5 Å². The van der Waals surface area contributed by atoms with Gasteiger partial charge in [-0.15, -0.1) is 11.3 Å². The lowest BCUT2D eigenvalue weighted by molar-refractivity contribution is -0.384. The molecule has 4 aromatic rings. The summed E-state index contributed by atoms with van der Waals surface area (Å²) in [5.74, 6) is -0.190. The molecule has 1 aliphatic rings. The van der Waals surface area contributed by atoms with E-state index < -0.39 is 16.7 Å². The number of amides is 1. The maximum absolute atomic E-state index is 13.3. The molecule has 0 N–H and O–H groups in total. The van der Waals surface area contributed by atoms with Crippen LogP contribution in [0.25, 0.3) is 0 Å². The molecule has 0 spiro atoms. The third-order valence-electron chi connectivity index (χ3n) is 7.08. The molecule has 2 heterocycles. The average Bonchev–Trinajstić information content (AvgIpc) is 3.45. The molecule has 0 bridgehead atoms. The average molecular weight is 630 g/mol. The number of hydrogen-bond acceptors (Lipinski definition) is 7. The Morgan fingerprint density at radius 1 is 0.953 bits per heavy atom. The van der Waals surface area contributed by atoms with Gasteiger partial charge in [-0.1, -0.05) is 41.9 Å². The summed E-state index contributed by atoms with van der Waals surface area (Å²) in [5, 5.41) is 13.9. The van der Waals surface area contributed by atoms with Crippen LogP contribution in [-0.2, 0) is 25.8 Å². The quantitative estimate of drug-likeness (QED) is 0.148. The van der Waals surface area contributed by atoms with Gasteiger partial charge in [-0.25, -0.2) is 4.98 Å². The number of anilines is 1. The van der Waals surface area contributed by atoms with Crippen LogP contribution < -0.4 is 4.90 Å². The van der Waals surface area contributed by atoms with E-state index in [0.717, 1.165) is 23.4 Å². The number of halogens is 4. The summed E-state index contributed by atoms with van der Waals surface area (Å²) in [4.78, 5) is 34.1. The second-order valence-electron chi connectivity index (χ2n) is 10.2. The van der Waals surface area contributed by atoms with E-state index in [0.29, 0.717) is 60.6 Å².